The lowest BCUT2D eigenvalue weighted by Crippen LogP contribution is -2.45. The lowest BCUT2D eigenvalue weighted by atomic mass is 9.91. The van der Waals surface area contributed by atoms with Crippen LogP contribution < -0.4 is 10.6 Å². The van der Waals surface area contributed by atoms with Gasteiger partial charge in [-0.25, -0.2) is 0 Å². The van der Waals surface area contributed by atoms with Gasteiger partial charge in [-0.05, 0) is 13.8 Å². The maximum Gasteiger partial charge on any atom is 0.307 e. The molecule has 18 heavy (non-hydrogen) atoms. The fourth-order valence-electron chi connectivity index (χ4n) is 1.33. The van der Waals surface area contributed by atoms with E-state index in [1.807, 2.05) is 0 Å². The monoisotopic (exact) mass is 258 g/mol. The predicted octanol–water partition coefficient (Wildman–Crippen LogP) is 0.232. The van der Waals surface area contributed by atoms with Crippen LogP contribution in [-0.4, -0.2) is 36.5 Å². The molecule has 6 heteroatoms. The number of carbonyl (C=O) groups excluding carboxylic acids is 2. The van der Waals surface area contributed by atoms with E-state index in [0.29, 0.717) is 0 Å². The van der Waals surface area contributed by atoms with Crippen molar-refractivity contribution in [3.63, 3.8) is 0 Å². The Labute approximate surface area is 107 Å². The van der Waals surface area contributed by atoms with Crippen molar-refractivity contribution in [1.29, 1.82) is 0 Å². The highest BCUT2D eigenvalue weighted by Gasteiger charge is 2.30. The van der Waals surface area contributed by atoms with Crippen LogP contribution in [-0.2, 0) is 14.4 Å². The SMILES string of the molecule is CNC(=O)C(C)(C)CNC(=O)C(C)C(C)C(=O)O. The molecule has 0 fully saturated rings. The zero-order valence-electron chi connectivity index (χ0n) is 11.5. The molecule has 0 bridgehead atoms. The molecule has 2 unspecified atom stereocenters. The van der Waals surface area contributed by atoms with Crippen LogP contribution in [0.15, 0.2) is 0 Å². The molecule has 0 aromatic carbocycles. The molecule has 0 heterocycles. The van der Waals surface area contributed by atoms with E-state index < -0.39 is 23.2 Å². The first-order valence-corrected chi connectivity index (χ1v) is 5.86. The molecule has 2 atom stereocenters. The molecule has 0 rings (SSSR count). The van der Waals surface area contributed by atoms with Crippen LogP contribution in [0.4, 0.5) is 0 Å². The van der Waals surface area contributed by atoms with Crippen LogP contribution in [0.3, 0.4) is 0 Å². The van der Waals surface area contributed by atoms with Crippen molar-refractivity contribution in [2.45, 2.75) is 27.7 Å². The number of hydrogen-bond donors (Lipinski definition) is 3. The molecule has 6 nitrogen and oxygen atoms in total. The Morgan fingerprint density at radius 1 is 1.17 bits per heavy atom. The number of hydrogen-bond acceptors (Lipinski definition) is 3. The molecule has 0 saturated carbocycles. The maximum absolute atomic E-state index is 11.7. The first kappa shape index (κ1) is 16.4. The topological polar surface area (TPSA) is 95.5 Å². The summed E-state index contributed by atoms with van der Waals surface area (Å²) in [7, 11) is 1.53. The molecule has 0 aliphatic rings. The number of carboxylic acid groups (broad SMARTS) is 1. The largest absolute Gasteiger partial charge is 0.481 e. The highest BCUT2D eigenvalue weighted by Crippen LogP contribution is 2.15. The Kier molecular flexibility index (Phi) is 5.81. The second kappa shape index (κ2) is 6.37. The van der Waals surface area contributed by atoms with Crippen LogP contribution in [0.25, 0.3) is 0 Å². The van der Waals surface area contributed by atoms with Crippen molar-refractivity contribution in [2.24, 2.45) is 17.3 Å². The van der Waals surface area contributed by atoms with Gasteiger partial charge in [0.2, 0.25) is 11.8 Å². The third-order valence-corrected chi connectivity index (χ3v) is 3.10. The number of nitrogens with one attached hydrogen (secondary N) is 2. The minimum absolute atomic E-state index is 0.169. The highest BCUT2D eigenvalue weighted by molar-refractivity contribution is 5.86. The van der Waals surface area contributed by atoms with Gasteiger partial charge >= 0.3 is 5.97 Å². The molecule has 3 N–H and O–H groups in total. The summed E-state index contributed by atoms with van der Waals surface area (Å²) in [5.41, 5.74) is -0.726. The highest BCUT2D eigenvalue weighted by atomic mass is 16.4. The minimum Gasteiger partial charge on any atom is -0.481 e. The van der Waals surface area contributed by atoms with E-state index in [1.165, 1.54) is 14.0 Å². The molecular weight excluding hydrogens is 236 g/mol. The smallest absolute Gasteiger partial charge is 0.307 e. The van der Waals surface area contributed by atoms with Gasteiger partial charge < -0.3 is 15.7 Å². The molecule has 0 aromatic heterocycles. The predicted molar refractivity (Wildman–Crippen MR) is 66.8 cm³/mol. The summed E-state index contributed by atoms with van der Waals surface area (Å²) >= 11 is 0. The van der Waals surface area contributed by atoms with E-state index in [1.54, 1.807) is 20.8 Å². The van der Waals surface area contributed by atoms with Gasteiger partial charge in [0.1, 0.15) is 0 Å². The van der Waals surface area contributed by atoms with E-state index in [-0.39, 0.29) is 18.4 Å². The van der Waals surface area contributed by atoms with Crippen LogP contribution >= 0.6 is 0 Å². The van der Waals surface area contributed by atoms with Gasteiger partial charge in [0.15, 0.2) is 0 Å². The number of amides is 2. The van der Waals surface area contributed by atoms with Gasteiger partial charge in [0, 0.05) is 19.5 Å². The number of rotatable bonds is 6. The van der Waals surface area contributed by atoms with E-state index in [4.69, 9.17) is 5.11 Å². The standard InChI is InChI=1S/C12H22N2O4/c1-7(8(2)10(16)17)9(15)14-6-12(3,4)11(18)13-5/h7-8H,6H2,1-5H3,(H,13,18)(H,14,15)(H,16,17). The van der Waals surface area contributed by atoms with Crippen LogP contribution in [0.2, 0.25) is 0 Å². The molecule has 0 aromatic rings. The molecule has 0 saturated heterocycles. The summed E-state index contributed by atoms with van der Waals surface area (Å²) in [6.07, 6.45) is 0. The molecule has 0 aliphatic heterocycles. The van der Waals surface area contributed by atoms with Crippen LogP contribution in [0.5, 0.6) is 0 Å². The number of carbonyl (C=O) groups is 3. The van der Waals surface area contributed by atoms with Gasteiger partial charge in [-0.15, -0.1) is 0 Å². The first-order chi connectivity index (χ1) is 8.13. The molecule has 104 valence electrons. The summed E-state index contributed by atoms with van der Waals surface area (Å²) in [5.74, 6) is -2.94. The van der Waals surface area contributed by atoms with Crippen molar-refractivity contribution in [3.8, 4) is 0 Å². The van der Waals surface area contributed by atoms with E-state index >= 15 is 0 Å². The maximum atomic E-state index is 11.7. The molecule has 0 radical (unpaired) electrons. The van der Waals surface area contributed by atoms with E-state index in [0.717, 1.165) is 0 Å². The molecule has 2 amide bonds. The molecule has 0 aliphatic carbocycles. The van der Waals surface area contributed by atoms with Gasteiger partial charge in [-0.1, -0.05) is 13.8 Å². The summed E-state index contributed by atoms with van der Waals surface area (Å²) in [6.45, 7) is 6.62. The fourth-order valence-corrected chi connectivity index (χ4v) is 1.33. The molecular formula is C12H22N2O4. The number of aliphatic carboxylic acids is 1. The van der Waals surface area contributed by atoms with E-state index in [9.17, 15) is 14.4 Å². The van der Waals surface area contributed by atoms with Gasteiger partial charge in [0.25, 0.3) is 0 Å². The Morgan fingerprint density at radius 2 is 1.67 bits per heavy atom. The minimum atomic E-state index is -1.01. The van der Waals surface area contributed by atoms with Gasteiger partial charge in [-0.3, -0.25) is 14.4 Å². The van der Waals surface area contributed by atoms with Crippen LogP contribution in [0, 0.1) is 17.3 Å². The summed E-state index contributed by atoms with van der Waals surface area (Å²) in [6, 6.07) is 0. The Hall–Kier alpha value is -1.59. The third kappa shape index (κ3) is 4.35. The van der Waals surface area contributed by atoms with Crippen molar-refractivity contribution >= 4 is 17.8 Å². The zero-order valence-corrected chi connectivity index (χ0v) is 11.5. The third-order valence-electron chi connectivity index (χ3n) is 3.10. The quantitative estimate of drug-likeness (QED) is 0.635. The second-order valence-corrected chi connectivity index (χ2v) is 5.10. The Balaban J connectivity index is 4.43. The Morgan fingerprint density at radius 3 is 2.06 bits per heavy atom. The van der Waals surface area contributed by atoms with Crippen LogP contribution in [0.1, 0.15) is 27.7 Å². The normalized spacial score (nSPS) is 14.5. The van der Waals surface area contributed by atoms with Crippen molar-refractivity contribution < 1.29 is 19.5 Å². The van der Waals surface area contributed by atoms with Gasteiger partial charge in [-0.2, -0.15) is 0 Å². The summed E-state index contributed by atoms with van der Waals surface area (Å²) in [5, 5.41) is 13.9. The first-order valence-electron chi connectivity index (χ1n) is 5.86. The van der Waals surface area contributed by atoms with Gasteiger partial charge in [0.05, 0.1) is 11.3 Å². The summed E-state index contributed by atoms with van der Waals surface area (Å²) < 4.78 is 0. The summed E-state index contributed by atoms with van der Waals surface area (Å²) in [4.78, 5) is 34.0. The lowest BCUT2D eigenvalue weighted by Gasteiger charge is -2.24. The van der Waals surface area contributed by atoms with E-state index in [2.05, 4.69) is 10.6 Å². The second-order valence-electron chi connectivity index (χ2n) is 5.10. The van der Waals surface area contributed by atoms with Crippen molar-refractivity contribution in [2.75, 3.05) is 13.6 Å². The lowest BCUT2D eigenvalue weighted by molar-refractivity contribution is -0.146. The average molecular weight is 258 g/mol. The zero-order chi connectivity index (χ0) is 14.5. The molecule has 0 spiro atoms. The van der Waals surface area contributed by atoms with Crippen molar-refractivity contribution in [1.82, 2.24) is 10.6 Å². The average Bonchev–Trinajstić information content (AvgIpc) is 2.32. The van der Waals surface area contributed by atoms with Crippen molar-refractivity contribution in [3.05, 3.63) is 0 Å². The number of carboxylic acids is 1. The fraction of sp³-hybridized carbons (Fsp3) is 0.750. The Bertz CT molecular complexity index is 339.